The SMILES string of the molecule is COc1cc(CN2CC(C(=O)NCc3cccc(C)c3)CCC2c2ccccc2)cc(OC)c1. The Kier molecular flexibility index (Phi) is 7.86. The highest BCUT2D eigenvalue weighted by Gasteiger charge is 2.33. The van der Waals surface area contributed by atoms with Crippen LogP contribution in [0.4, 0.5) is 0 Å². The molecule has 3 aromatic rings. The van der Waals surface area contributed by atoms with Crippen LogP contribution >= 0.6 is 0 Å². The van der Waals surface area contributed by atoms with E-state index in [0.29, 0.717) is 13.1 Å². The second-order valence-corrected chi connectivity index (χ2v) is 9.06. The molecule has 0 saturated carbocycles. The average molecular weight is 459 g/mol. The molecule has 1 aliphatic rings. The Morgan fingerprint density at radius 2 is 1.65 bits per heavy atom. The van der Waals surface area contributed by atoms with Gasteiger partial charge in [0.25, 0.3) is 0 Å². The van der Waals surface area contributed by atoms with Crippen LogP contribution < -0.4 is 14.8 Å². The van der Waals surface area contributed by atoms with Crippen molar-refractivity contribution in [2.75, 3.05) is 20.8 Å². The molecule has 178 valence electrons. The number of hydrogen-bond acceptors (Lipinski definition) is 4. The summed E-state index contributed by atoms with van der Waals surface area (Å²) >= 11 is 0. The van der Waals surface area contributed by atoms with E-state index < -0.39 is 0 Å². The van der Waals surface area contributed by atoms with E-state index in [9.17, 15) is 4.79 Å². The van der Waals surface area contributed by atoms with Gasteiger partial charge in [0.2, 0.25) is 5.91 Å². The second-order valence-electron chi connectivity index (χ2n) is 9.06. The van der Waals surface area contributed by atoms with Gasteiger partial charge in [0.05, 0.1) is 20.1 Å². The summed E-state index contributed by atoms with van der Waals surface area (Å²) in [5.74, 6) is 1.63. The third-order valence-electron chi connectivity index (χ3n) is 6.59. The predicted molar refractivity (Wildman–Crippen MR) is 135 cm³/mol. The number of benzene rings is 3. The summed E-state index contributed by atoms with van der Waals surface area (Å²) < 4.78 is 11.0. The third kappa shape index (κ3) is 5.97. The number of piperidine rings is 1. The van der Waals surface area contributed by atoms with Crippen LogP contribution in [0.25, 0.3) is 0 Å². The number of nitrogens with one attached hydrogen (secondary N) is 1. The smallest absolute Gasteiger partial charge is 0.224 e. The second kappa shape index (κ2) is 11.2. The molecule has 1 heterocycles. The van der Waals surface area contributed by atoms with Crippen LogP contribution in [-0.4, -0.2) is 31.6 Å². The standard InChI is InChI=1S/C29H34N2O3/c1-21-8-7-9-22(14-21)18-30-29(32)25-12-13-28(24-10-5-4-6-11-24)31(20-25)19-23-15-26(33-2)17-27(16-23)34-3/h4-11,14-17,25,28H,12-13,18-20H2,1-3H3,(H,30,32). The van der Waals surface area contributed by atoms with Crippen molar-refractivity contribution in [1.82, 2.24) is 10.2 Å². The van der Waals surface area contributed by atoms with Crippen molar-refractivity contribution in [3.8, 4) is 11.5 Å². The van der Waals surface area contributed by atoms with E-state index in [1.807, 2.05) is 30.3 Å². The van der Waals surface area contributed by atoms with E-state index in [2.05, 4.69) is 59.6 Å². The van der Waals surface area contributed by atoms with Gasteiger partial charge in [-0.3, -0.25) is 9.69 Å². The lowest BCUT2D eigenvalue weighted by atomic mass is 9.88. The van der Waals surface area contributed by atoms with Crippen LogP contribution in [0.2, 0.25) is 0 Å². The molecule has 4 rings (SSSR count). The Morgan fingerprint density at radius 1 is 0.912 bits per heavy atom. The van der Waals surface area contributed by atoms with Gasteiger partial charge in [0, 0.05) is 31.7 Å². The zero-order valence-corrected chi connectivity index (χ0v) is 20.3. The Hall–Kier alpha value is -3.31. The molecule has 2 unspecified atom stereocenters. The Labute approximate surface area is 202 Å². The first-order chi connectivity index (χ1) is 16.6. The molecule has 5 heteroatoms. The third-order valence-corrected chi connectivity index (χ3v) is 6.59. The lowest BCUT2D eigenvalue weighted by Gasteiger charge is -2.39. The first kappa shape index (κ1) is 23.8. The monoisotopic (exact) mass is 458 g/mol. The van der Waals surface area contributed by atoms with Gasteiger partial charge in [-0.05, 0) is 48.6 Å². The van der Waals surface area contributed by atoms with E-state index in [1.165, 1.54) is 11.1 Å². The maximum absolute atomic E-state index is 13.1. The molecule has 0 aliphatic carbocycles. The van der Waals surface area contributed by atoms with Crippen molar-refractivity contribution in [1.29, 1.82) is 0 Å². The van der Waals surface area contributed by atoms with Gasteiger partial charge in [-0.2, -0.15) is 0 Å². The molecule has 5 nitrogen and oxygen atoms in total. The highest BCUT2D eigenvalue weighted by molar-refractivity contribution is 5.79. The summed E-state index contributed by atoms with van der Waals surface area (Å²) in [6.07, 6.45) is 1.81. The van der Waals surface area contributed by atoms with Gasteiger partial charge in [-0.25, -0.2) is 0 Å². The number of amides is 1. The maximum Gasteiger partial charge on any atom is 0.224 e. The quantitative estimate of drug-likeness (QED) is 0.499. The van der Waals surface area contributed by atoms with E-state index in [0.717, 1.165) is 42.0 Å². The largest absolute Gasteiger partial charge is 0.497 e. The zero-order valence-electron chi connectivity index (χ0n) is 20.3. The summed E-state index contributed by atoms with van der Waals surface area (Å²) in [6, 6.07) is 25.1. The summed E-state index contributed by atoms with van der Waals surface area (Å²) in [7, 11) is 3.33. The highest BCUT2D eigenvalue weighted by atomic mass is 16.5. The van der Waals surface area contributed by atoms with Gasteiger partial charge < -0.3 is 14.8 Å². The number of aryl methyl sites for hydroxylation is 1. The van der Waals surface area contributed by atoms with Crippen molar-refractivity contribution >= 4 is 5.91 Å². The molecule has 3 aromatic carbocycles. The topological polar surface area (TPSA) is 50.8 Å². The molecule has 1 aliphatic heterocycles. The van der Waals surface area contributed by atoms with Gasteiger partial charge >= 0.3 is 0 Å². The number of hydrogen-bond donors (Lipinski definition) is 1. The fraction of sp³-hybridized carbons (Fsp3) is 0.345. The Bertz CT molecular complexity index is 1080. The van der Waals surface area contributed by atoms with Crippen molar-refractivity contribution in [2.45, 2.75) is 38.9 Å². The summed E-state index contributed by atoms with van der Waals surface area (Å²) in [4.78, 5) is 15.5. The Balaban J connectivity index is 1.51. The van der Waals surface area contributed by atoms with Crippen LogP contribution in [0.3, 0.4) is 0 Å². The molecule has 1 N–H and O–H groups in total. The zero-order chi connectivity index (χ0) is 23.9. The fourth-order valence-electron chi connectivity index (χ4n) is 4.83. The van der Waals surface area contributed by atoms with Crippen LogP contribution in [0.5, 0.6) is 11.5 Å². The number of methoxy groups -OCH3 is 2. The van der Waals surface area contributed by atoms with Crippen molar-refractivity contribution in [3.05, 3.63) is 95.1 Å². The minimum Gasteiger partial charge on any atom is -0.497 e. The number of carbonyl (C=O) groups is 1. The first-order valence-electron chi connectivity index (χ1n) is 11.9. The van der Waals surface area contributed by atoms with Crippen LogP contribution in [0.15, 0.2) is 72.8 Å². The molecule has 1 fully saturated rings. The van der Waals surface area contributed by atoms with Gasteiger partial charge in [-0.1, -0.05) is 60.2 Å². The van der Waals surface area contributed by atoms with Crippen molar-refractivity contribution in [3.63, 3.8) is 0 Å². The van der Waals surface area contributed by atoms with E-state index >= 15 is 0 Å². The van der Waals surface area contributed by atoms with Gasteiger partial charge in [0.15, 0.2) is 0 Å². The van der Waals surface area contributed by atoms with Crippen LogP contribution in [0.1, 0.15) is 41.1 Å². The molecule has 0 spiro atoms. The minimum absolute atomic E-state index is 0.0442. The molecule has 0 bridgehead atoms. The number of carbonyl (C=O) groups excluding carboxylic acids is 1. The normalized spacial score (nSPS) is 18.3. The molecule has 34 heavy (non-hydrogen) atoms. The fourth-order valence-corrected chi connectivity index (χ4v) is 4.83. The Morgan fingerprint density at radius 3 is 2.32 bits per heavy atom. The van der Waals surface area contributed by atoms with E-state index in [4.69, 9.17) is 9.47 Å². The molecule has 2 atom stereocenters. The van der Waals surface area contributed by atoms with Crippen LogP contribution in [0, 0.1) is 12.8 Å². The molecular weight excluding hydrogens is 424 g/mol. The van der Waals surface area contributed by atoms with E-state index in [-0.39, 0.29) is 17.9 Å². The van der Waals surface area contributed by atoms with Crippen molar-refractivity contribution < 1.29 is 14.3 Å². The minimum atomic E-state index is -0.0442. The number of ether oxygens (including phenoxy) is 2. The molecule has 0 aromatic heterocycles. The van der Waals surface area contributed by atoms with Crippen LogP contribution in [-0.2, 0) is 17.9 Å². The molecule has 1 saturated heterocycles. The number of rotatable bonds is 8. The highest BCUT2D eigenvalue weighted by Crippen LogP contribution is 2.35. The number of likely N-dealkylation sites (tertiary alicyclic amines) is 1. The molecule has 0 radical (unpaired) electrons. The van der Waals surface area contributed by atoms with Gasteiger partial charge in [0.1, 0.15) is 11.5 Å². The predicted octanol–water partition coefficient (Wildman–Crippen LogP) is 5.28. The first-order valence-corrected chi connectivity index (χ1v) is 11.9. The van der Waals surface area contributed by atoms with E-state index in [1.54, 1.807) is 14.2 Å². The van der Waals surface area contributed by atoms with Crippen molar-refractivity contribution in [2.24, 2.45) is 5.92 Å². The molecule has 1 amide bonds. The lowest BCUT2D eigenvalue weighted by molar-refractivity contribution is -0.127. The lowest BCUT2D eigenvalue weighted by Crippen LogP contribution is -2.44. The maximum atomic E-state index is 13.1. The summed E-state index contributed by atoms with van der Waals surface area (Å²) in [5, 5.41) is 3.17. The summed E-state index contributed by atoms with van der Waals surface area (Å²) in [5.41, 5.74) is 4.73. The number of nitrogens with zero attached hydrogens (tertiary/aromatic N) is 1. The average Bonchev–Trinajstić information content (AvgIpc) is 2.87. The summed E-state index contributed by atoms with van der Waals surface area (Å²) in [6.45, 7) is 4.06. The van der Waals surface area contributed by atoms with Gasteiger partial charge in [-0.15, -0.1) is 0 Å². The molecular formula is C29H34N2O3.